The maximum absolute atomic E-state index is 12.4. The summed E-state index contributed by atoms with van der Waals surface area (Å²) in [4.78, 5) is 24.1. The predicted octanol–water partition coefficient (Wildman–Crippen LogP) is 1.88. The molecule has 2 aromatic rings. The van der Waals surface area contributed by atoms with E-state index in [1.807, 2.05) is 30.3 Å². The summed E-state index contributed by atoms with van der Waals surface area (Å²) in [6.45, 7) is 1.61. The summed E-state index contributed by atoms with van der Waals surface area (Å²) in [5.74, 6) is 4.71. The number of hydrogen-bond donors (Lipinski definition) is 4. The van der Waals surface area contributed by atoms with Crippen molar-refractivity contribution in [2.24, 2.45) is 0 Å². The van der Waals surface area contributed by atoms with Crippen molar-refractivity contribution in [1.82, 2.24) is 10.8 Å². The molecule has 7 nitrogen and oxygen atoms in total. The van der Waals surface area contributed by atoms with Gasteiger partial charge in [-0.15, -0.1) is 0 Å². The minimum atomic E-state index is -1.03. The number of carbonyl (C=O) groups excluding carboxylic acids is 2. The van der Waals surface area contributed by atoms with Crippen LogP contribution in [0, 0.1) is 11.8 Å². The first-order valence-electron chi connectivity index (χ1n) is 9.24. The fourth-order valence-corrected chi connectivity index (χ4v) is 2.53. The third-order valence-electron chi connectivity index (χ3n) is 4.41. The van der Waals surface area contributed by atoms with Crippen molar-refractivity contribution in [2.45, 2.75) is 25.7 Å². The quantitative estimate of drug-likeness (QED) is 0.318. The Hall–Kier alpha value is -3.44. The SMILES string of the molecule is CO[C@H](C)[C@H](NC(=O)c1ccc(C=CC#Cc2ccc(CO)cc2)cc1)C(=O)NO. The Morgan fingerprint density at radius 1 is 1.13 bits per heavy atom. The monoisotopic (exact) mass is 408 g/mol. The van der Waals surface area contributed by atoms with Gasteiger partial charge >= 0.3 is 0 Å². The first-order chi connectivity index (χ1) is 14.5. The second-order valence-electron chi connectivity index (χ2n) is 6.45. The second-order valence-corrected chi connectivity index (χ2v) is 6.45. The maximum Gasteiger partial charge on any atom is 0.268 e. The largest absolute Gasteiger partial charge is 0.392 e. The highest BCUT2D eigenvalue weighted by molar-refractivity contribution is 5.97. The van der Waals surface area contributed by atoms with E-state index < -0.39 is 24.0 Å². The van der Waals surface area contributed by atoms with Gasteiger partial charge < -0.3 is 15.2 Å². The zero-order chi connectivity index (χ0) is 21.9. The number of rotatable bonds is 7. The van der Waals surface area contributed by atoms with Crippen LogP contribution < -0.4 is 10.8 Å². The van der Waals surface area contributed by atoms with Gasteiger partial charge in [-0.3, -0.25) is 14.8 Å². The van der Waals surface area contributed by atoms with Crippen LogP contribution in [-0.4, -0.2) is 41.4 Å². The lowest BCUT2D eigenvalue weighted by Crippen LogP contribution is -2.52. The van der Waals surface area contributed by atoms with Crippen molar-refractivity contribution in [1.29, 1.82) is 0 Å². The number of allylic oxidation sites excluding steroid dienone is 1. The molecule has 0 aliphatic heterocycles. The van der Waals surface area contributed by atoms with Gasteiger partial charge in [-0.05, 0) is 54.5 Å². The zero-order valence-corrected chi connectivity index (χ0v) is 16.8. The predicted molar refractivity (Wildman–Crippen MR) is 112 cm³/mol. The lowest BCUT2D eigenvalue weighted by atomic mass is 10.1. The molecule has 0 bridgehead atoms. The number of hydrogen-bond acceptors (Lipinski definition) is 5. The Labute approximate surface area is 175 Å². The highest BCUT2D eigenvalue weighted by Crippen LogP contribution is 2.08. The van der Waals surface area contributed by atoms with Gasteiger partial charge in [0.25, 0.3) is 11.8 Å². The fourth-order valence-electron chi connectivity index (χ4n) is 2.53. The molecule has 2 aromatic carbocycles. The number of benzene rings is 2. The highest BCUT2D eigenvalue weighted by atomic mass is 16.5. The number of ether oxygens (including phenoxy) is 1. The molecule has 156 valence electrons. The van der Waals surface area contributed by atoms with Crippen molar-refractivity contribution in [3.8, 4) is 11.8 Å². The molecule has 0 spiro atoms. The van der Waals surface area contributed by atoms with Crippen molar-refractivity contribution < 1.29 is 24.6 Å². The molecule has 0 aliphatic carbocycles. The summed E-state index contributed by atoms with van der Waals surface area (Å²) in [5, 5.41) is 20.4. The Kier molecular flexibility index (Phi) is 8.78. The van der Waals surface area contributed by atoms with Crippen LogP contribution in [0.3, 0.4) is 0 Å². The smallest absolute Gasteiger partial charge is 0.268 e. The molecular formula is C23H24N2O5. The van der Waals surface area contributed by atoms with E-state index in [0.29, 0.717) is 5.56 Å². The lowest BCUT2D eigenvalue weighted by molar-refractivity contribution is -0.134. The van der Waals surface area contributed by atoms with Crippen molar-refractivity contribution >= 4 is 17.9 Å². The Morgan fingerprint density at radius 2 is 1.80 bits per heavy atom. The van der Waals surface area contributed by atoms with Gasteiger partial charge in [0.2, 0.25) is 0 Å². The normalized spacial score (nSPS) is 12.5. The molecule has 0 saturated carbocycles. The third kappa shape index (κ3) is 6.57. The van der Waals surface area contributed by atoms with E-state index in [4.69, 9.17) is 15.1 Å². The van der Waals surface area contributed by atoms with Crippen LogP contribution in [0.25, 0.3) is 6.08 Å². The third-order valence-corrected chi connectivity index (χ3v) is 4.41. The van der Waals surface area contributed by atoms with E-state index in [-0.39, 0.29) is 6.61 Å². The Morgan fingerprint density at radius 3 is 2.37 bits per heavy atom. The number of aliphatic hydroxyl groups is 1. The Balaban J connectivity index is 2.00. The molecule has 0 fully saturated rings. The summed E-state index contributed by atoms with van der Waals surface area (Å²) >= 11 is 0. The number of aliphatic hydroxyl groups excluding tert-OH is 1. The minimum Gasteiger partial charge on any atom is -0.392 e. The van der Waals surface area contributed by atoms with Gasteiger partial charge in [-0.25, -0.2) is 5.48 Å². The van der Waals surface area contributed by atoms with E-state index in [1.165, 1.54) is 12.6 Å². The summed E-state index contributed by atoms with van der Waals surface area (Å²) in [6.07, 6.45) is 2.89. The van der Waals surface area contributed by atoms with Gasteiger partial charge in [0.05, 0.1) is 12.7 Å². The molecule has 2 atom stereocenters. The summed E-state index contributed by atoms with van der Waals surface area (Å²) in [7, 11) is 1.41. The van der Waals surface area contributed by atoms with Crippen LogP contribution in [0.15, 0.2) is 54.6 Å². The molecule has 2 rings (SSSR count). The minimum absolute atomic E-state index is 0.00231. The maximum atomic E-state index is 12.4. The first-order valence-corrected chi connectivity index (χ1v) is 9.24. The summed E-state index contributed by atoms with van der Waals surface area (Å²) in [6, 6.07) is 13.0. The van der Waals surface area contributed by atoms with Gasteiger partial charge in [0.1, 0.15) is 6.04 Å². The van der Waals surface area contributed by atoms with Gasteiger partial charge in [0.15, 0.2) is 0 Å². The van der Waals surface area contributed by atoms with Crippen LogP contribution in [0.2, 0.25) is 0 Å². The standard InChI is InChI=1S/C23H24N2O5/c1-16(30-2)21(23(28)25-29)24-22(27)20-13-11-18(12-14-20)6-4-3-5-17-7-9-19(15-26)10-8-17/h4,6-14,16,21,26,29H,15H2,1-2H3,(H,24,27)(H,25,28)/t16-,21+/m1/s1. The molecule has 0 aromatic heterocycles. The van der Waals surface area contributed by atoms with Gasteiger partial charge in [0, 0.05) is 18.2 Å². The average molecular weight is 408 g/mol. The topological polar surface area (TPSA) is 108 Å². The number of nitrogens with one attached hydrogen (secondary N) is 2. The zero-order valence-electron chi connectivity index (χ0n) is 16.8. The van der Waals surface area contributed by atoms with Crippen LogP contribution in [0.5, 0.6) is 0 Å². The number of hydroxylamine groups is 1. The molecule has 0 saturated heterocycles. The van der Waals surface area contributed by atoms with E-state index in [2.05, 4.69) is 17.2 Å². The second kappa shape index (κ2) is 11.5. The first kappa shape index (κ1) is 22.8. The van der Waals surface area contributed by atoms with E-state index in [0.717, 1.165) is 16.7 Å². The van der Waals surface area contributed by atoms with E-state index in [9.17, 15) is 9.59 Å². The molecule has 0 unspecified atom stereocenters. The van der Waals surface area contributed by atoms with Crippen molar-refractivity contribution in [2.75, 3.05) is 7.11 Å². The molecule has 4 N–H and O–H groups in total. The van der Waals surface area contributed by atoms with Crippen molar-refractivity contribution in [3.63, 3.8) is 0 Å². The van der Waals surface area contributed by atoms with Gasteiger partial charge in [-0.2, -0.15) is 0 Å². The van der Waals surface area contributed by atoms with Crippen molar-refractivity contribution in [3.05, 3.63) is 76.9 Å². The number of amides is 2. The molecular weight excluding hydrogens is 384 g/mol. The van der Waals surface area contributed by atoms with E-state index >= 15 is 0 Å². The lowest BCUT2D eigenvalue weighted by Gasteiger charge is -2.22. The molecule has 0 heterocycles. The van der Waals surface area contributed by atoms with E-state index in [1.54, 1.807) is 37.3 Å². The molecule has 7 heteroatoms. The van der Waals surface area contributed by atoms with Crippen LogP contribution in [0.1, 0.15) is 34.0 Å². The molecule has 0 aliphatic rings. The summed E-state index contributed by atoms with van der Waals surface area (Å²) in [5.41, 5.74) is 4.42. The molecule has 0 radical (unpaired) electrons. The number of methoxy groups -OCH3 is 1. The number of carbonyl (C=O) groups is 2. The van der Waals surface area contributed by atoms with Crippen LogP contribution >= 0.6 is 0 Å². The Bertz CT molecular complexity index is 940. The molecule has 30 heavy (non-hydrogen) atoms. The van der Waals surface area contributed by atoms with Crippen LogP contribution in [0.4, 0.5) is 0 Å². The van der Waals surface area contributed by atoms with Crippen LogP contribution in [-0.2, 0) is 16.1 Å². The highest BCUT2D eigenvalue weighted by Gasteiger charge is 2.27. The summed E-state index contributed by atoms with van der Waals surface area (Å²) < 4.78 is 5.07. The fraction of sp³-hybridized carbons (Fsp3) is 0.217. The molecule has 2 amide bonds. The average Bonchev–Trinajstić information content (AvgIpc) is 2.79. The van der Waals surface area contributed by atoms with Gasteiger partial charge in [-0.1, -0.05) is 36.1 Å².